The summed E-state index contributed by atoms with van der Waals surface area (Å²) in [6.07, 6.45) is 1.38. The fourth-order valence-corrected chi connectivity index (χ4v) is 1.39. The van der Waals surface area contributed by atoms with E-state index in [1.165, 1.54) is 6.33 Å². The van der Waals surface area contributed by atoms with Crippen LogP contribution in [0, 0.1) is 5.92 Å². The van der Waals surface area contributed by atoms with Crippen LogP contribution in [0.15, 0.2) is 6.33 Å². The minimum absolute atomic E-state index is 0.136. The molecule has 5 nitrogen and oxygen atoms in total. The molecular weight excluding hydrogens is 228 g/mol. The molecule has 0 aliphatic carbocycles. The number of aromatic nitrogens is 2. The number of ether oxygens (including phenoxy) is 1. The molecule has 1 unspecified atom stereocenters. The molecule has 6 heteroatoms. The summed E-state index contributed by atoms with van der Waals surface area (Å²) in [6, 6.07) is 0.136. The van der Waals surface area contributed by atoms with E-state index in [1.54, 1.807) is 7.11 Å². The molecule has 1 aromatic rings. The molecule has 1 heterocycles. The van der Waals surface area contributed by atoms with Crippen molar-refractivity contribution in [3.63, 3.8) is 0 Å². The van der Waals surface area contributed by atoms with E-state index in [2.05, 4.69) is 29.1 Å². The SMILES string of the molecule is COCC(Nc1ncnc(N)c1Cl)C(C)C. The Bertz CT molecular complexity index is 346. The Labute approximate surface area is 100 Å². The van der Waals surface area contributed by atoms with Crippen molar-refractivity contribution < 1.29 is 4.74 Å². The number of anilines is 2. The number of nitrogen functional groups attached to an aromatic ring is 1. The summed E-state index contributed by atoms with van der Waals surface area (Å²) in [5.74, 6) is 1.22. The Morgan fingerprint density at radius 2 is 2.19 bits per heavy atom. The van der Waals surface area contributed by atoms with Gasteiger partial charge in [-0.25, -0.2) is 9.97 Å². The van der Waals surface area contributed by atoms with Crippen LogP contribution >= 0.6 is 11.6 Å². The summed E-state index contributed by atoms with van der Waals surface area (Å²) in [7, 11) is 1.66. The van der Waals surface area contributed by atoms with Crippen molar-refractivity contribution in [3.8, 4) is 0 Å². The lowest BCUT2D eigenvalue weighted by molar-refractivity contribution is 0.171. The van der Waals surface area contributed by atoms with Crippen LogP contribution in [-0.2, 0) is 4.74 Å². The molecule has 0 bridgehead atoms. The van der Waals surface area contributed by atoms with Crippen molar-refractivity contribution in [2.45, 2.75) is 19.9 Å². The maximum absolute atomic E-state index is 5.99. The van der Waals surface area contributed by atoms with Gasteiger partial charge in [0.25, 0.3) is 0 Å². The summed E-state index contributed by atoms with van der Waals surface area (Å²) in [6.45, 7) is 4.77. The van der Waals surface area contributed by atoms with Crippen LogP contribution in [0.4, 0.5) is 11.6 Å². The van der Waals surface area contributed by atoms with E-state index in [0.29, 0.717) is 23.4 Å². The highest BCUT2D eigenvalue weighted by Crippen LogP contribution is 2.24. The Balaban J connectivity index is 2.81. The fourth-order valence-electron chi connectivity index (χ4n) is 1.24. The Morgan fingerprint density at radius 3 is 2.75 bits per heavy atom. The van der Waals surface area contributed by atoms with Gasteiger partial charge in [-0.15, -0.1) is 0 Å². The molecule has 0 radical (unpaired) electrons. The number of nitrogens with one attached hydrogen (secondary N) is 1. The van der Waals surface area contributed by atoms with Crippen molar-refractivity contribution in [3.05, 3.63) is 11.3 Å². The standard InChI is InChI=1S/C10H17ClN4O/c1-6(2)7(4-16-3)15-10-8(11)9(12)13-5-14-10/h5-7H,4H2,1-3H3,(H3,12,13,14,15). The second kappa shape index (κ2) is 5.86. The number of nitrogens with zero attached hydrogens (tertiary/aromatic N) is 2. The number of nitrogens with two attached hydrogens (primary N) is 1. The number of halogens is 1. The molecule has 0 saturated heterocycles. The predicted octanol–water partition coefficient (Wildman–Crippen LogP) is 1.80. The summed E-state index contributed by atoms with van der Waals surface area (Å²) in [4.78, 5) is 7.85. The van der Waals surface area contributed by atoms with Gasteiger partial charge in [-0.2, -0.15) is 0 Å². The second-order valence-corrected chi connectivity index (χ2v) is 4.25. The molecular formula is C10H17ClN4O. The van der Waals surface area contributed by atoms with Gasteiger partial charge < -0.3 is 15.8 Å². The average Bonchev–Trinajstić information content (AvgIpc) is 2.23. The summed E-state index contributed by atoms with van der Waals surface area (Å²) < 4.78 is 5.13. The van der Waals surface area contributed by atoms with E-state index in [4.69, 9.17) is 22.1 Å². The van der Waals surface area contributed by atoms with E-state index in [9.17, 15) is 0 Å². The summed E-state index contributed by atoms with van der Waals surface area (Å²) in [5, 5.41) is 3.55. The quantitative estimate of drug-likeness (QED) is 0.826. The molecule has 0 amide bonds. The molecule has 16 heavy (non-hydrogen) atoms. The first-order chi connectivity index (χ1) is 7.56. The van der Waals surface area contributed by atoms with Gasteiger partial charge in [-0.05, 0) is 5.92 Å². The lowest BCUT2D eigenvalue weighted by Crippen LogP contribution is -2.31. The molecule has 90 valence electrons. The average molecular weight is 245 g/mol. The van der Waals surface area contributed by atoms with E-state index in [1.807, 2.05) is 0 Å². The maximum atomic E-state index is 5.99. The zero-order valence-electron chi connectivity index (χ0n) is 9.70. The van der Waals surface area contributed by atoms with E-state index < -0.39 is 0 Å². The second-order valence-electron chi connectivity index (χ2n) is 3.87. The molecule has 0 aliphatic rings. The third kappa shape index (κ3) is 3.21. The Morgan fingerprint density at radius 1 is 1.50 bits per heavy atom. The molecule has 1 aromatic heterocycles. The number of rotatable bonds is 5. The lowest BCUT2D eigenvalue weighted by Gasteiger charge is -2.22. The molecule has 0 aromatic carbocycles. The zero-order chi connectivity index (χ0) is 12.1. The highest BCUT2D eigenvalue weighted by atomic mass is 35.5. The van der Waals surface area contributed by atoms with Gasteiger partial charge in [0.2, 0.25) is 0 Å². The normalized spacial score (nSPS) is 12.8. The number of methoxy groups -OCH3 is 1. The van der Waals surface area contributed by atoms with Crippen LogP contribution in [-0.4, -0.2) is 29.7 Å². The van der Waals surface area contributed by atoms with E-state index >= 15 is 0 Å². The summed E-state index contributed by atoms with van der Waals surface area (Å²) in [5.41, 5.74) is 5.59. The highest BCUT2D eigenvalue weighted by molar-refractivity contribution is 6.35. The van der Waals surface area contributed by atoms with Crippen LogP contribution < -0.4 is 11.1 Å². The molecule has 3 N–H and O–H groups in total. The van der Waals surface area contributed by atoms with Crippen LogP contribution in [0.25, 0.3) is 0 Å². The van der Waals surface area contributed by atoms with Gasteiger partial charge in [-0.3, -0.25) is 0 Å². The number of hydrogen-bond donors (Lipinski definition) is 2. The lowest BCUT2D eigenvalue weighted by atomic mass is 10.1. The van der Waals surface area contributed by atoms with Crippen LogP contribution in [0.3, 0.4) is 0 Å². The topological polar surface area (TPSA) is 73.1 Å². The van der Waals surface area contributed by atoms with Gasteiger partial charge in [0.15, 0.2) is 5.82 Å². The number of hydrogen-bond acceptors (Lipinski definition) is 5. The monoisotopic (exact) mass is 244 g/mol. The van der Waals surface area contributed by atoms with E-state index in [0.717, 1.165) is 0 Å². The zero-order valence-corrected chi connectivity index (χ0v) is 10.5. The van der Waals surface area contributed by atoms with Crippen molar-refractivity contribution in [2.24, 2.45) is 5.92 Å². The maximum Gasteiger partial charge on any atom is 0.150 e. The van der Waals surface area contributed by atoms with E-state index in [-0.39, 0.29) is 11.9 Å². The summed E-state index contributed by atoms with van der Waals surface area (Å²) >= 11 is 5.99. The first-order valence-electron chi connectivity index (χ1n) is 5.07. The largest absolute Gasteiger partial charge is 0.383 e. The third-order valence-corrected chi connectivity index (χ3v) is 2.66. The minimum Gasteiger partial charge on any atom is -0.383 e. The van der Waals surface area contributed by atoms with Crippen molar-refractivity contribution in [2.75, 3.05) is 24.8 Å². The first-order valence-corrected chi connectivity index (χ1v) is 5.45. The van der Waals surface area contributed by atoms with Crippen molar-refractivity contribution in [1.29, 1.82) is 0 Å². The van der Waals surface area contributed by atoms with Crippen molar-refractivity contribution in [1.82, 2.24) is 9.97 Å². The van der Waals surface area contributed by atoms with Gasteiger partial charge in [0, 0.05) is 7.11 Å². The Hall–Kier alpha value is -1.07. The van der Waals surface area contributed by atoms with Crippen LogP contribution in [0.1, 0.15) is 13.8 Å². The van der Waals surface area contributed by atoms with Crippen LogP contribution in [0.2, 0.25) is 5.02 Å². The van der Waals surface area contributed by atoms with Gasteiger partial charge in [0.05, 0.1) is 12.6 Å². The molecule has 1 atom stereocenters. The van der Waals surface area contributed by atoms with Gasteiger partial charge >= 0.3 is 0 Å². The highest BCUT2D eigenvalue weighted by Gasteiger charge is 2.16. The van der Waals surface area contributed by atoms with Crippen molar-refractivity contribution >= 4 is 23.2 Å². The third-order valence-electron chi connectivity index (χ3n) is 2.29. The van der Waals surface area contributed by atoms with Crippen LogP contribution in [0.5, 0.6) is 0 Å². The molecule has 0 saturated carbocycles. The predicted molar refractivity (Wildman–Crippen MR) is 65.6 cm³/mol. The fraction of sp³-hybridized carbons (Fsp3) is 0.600. The first kappa shape index (κ1) is 13.0. The molecule has 1 rings (SSSR count). The molecule has 0 aliphatic heterocycles. The molecule has 0 fully saturated rings. The van der Waals surface area contributed by atoms with Gasteiger partial charge in [0.1, 0.15) is 17.2 Å². The smallest absolute Gasteiger partial charge is 0.150 e. The molecule has 0 spiro atoms. The van der Waals surface area contributed by atoms with Gasteiger partial charge in [-0.1, -0.05) is 25.4 Å². The minimum atomic E-state index is 0.136. The Kier molecular flexibility index (Phi) is 4.76.